The predicted octanol–water partition coefficient (Wildman–Crippen LogP) is 5.41. The van der Waals surface area contributed by atoms with Crippen molar-refractivity contribution in [2.75, 3.05) is 17.1 Å². The number of hydrogen-bond acceptors (Lipinski definition) is 3. The van der Waals surface area contributed by atoms with E-state index in [4.69, 9.17) is 11.6 Å². The van der Waals surface area contributed by atoms with Crippen molar-refractivity contribution < 1.29 is 13.2 Å². The molecule has 0 aliphatic carbocycles. The normalized spacial score (nSPS) is 12.2. The molecule has 174 valence electrons. The lowest BCUT2D eigenvalue weighted by molar-refractivity contribution is -0.121. The molecule has 7 heteroatoms. The molecule has 3 aromatic carbocycles. The Morgan fingerprint density at radius 2 is 1.64 bits per heavy atom. The zero-order valence-corrected chi connectivity index (χ0v) is 20.7. The summed E-state index contributed by atoms with van der Waals surface area (Å²) in [6.07, 6.45) is 1.73. The van der Waals surface area contributed by atoms with E-state index in [1.807, 2.05) is 55.5 Å². The van der Waals surface area contributed by atoms with Crippen molar-refractivity contribution in [3.8, 4) is 0 Å². The fourth-order valence-corrected chi connectivity index (χ4v) is 4.99. The topological polar surface area (TPSA) is 66.5 Å². The number of rotatable bonds is 9. The Balaban J connectivity index is 1.72. The Morgan fingerprint density at radius 3 is 2.30 bits per heavy atom. The molecule has 0 radical (unpaired) electrons. The molecule has 0 aliphatic heterocycles. The maximum atomic E-state index is 12.9. The van der Waals surface area contributed by atoms with Crippen LogP contribution in [0.25, 0.3) is 0 Å². The molecular formula is C26H29ClN2O3S. The van der Waals surface area contributed by atoms with Gasteiger partial charge < -0.3 is 5.32 Å². The van der Waals surface area contributed by atoms with Crippen molar-refractivity contribution in [2.45, 2.75) is 32.7 Å². The Bertz CT molecular complexity index is 1210. The van der Waals surface area contributed by atoms with Crippen molar-refractivity contribution >= 4 is 33.2 Å². The molecule has 1 atom stereocenters. The van der Waals surface area contributed by atoms with E-state index in [9.17, 15) is 13.2 Å². The van der Waals surface area contributed by atoms with Gasteiger partial charge in [0.05, 0.1) is 18.0 Å². The first-order valence-electron chi connectivity index (χ1n) is 10.8. The lowest BCUT2D eigenvalue weighted by Gasteiger charge is -2.25. The minimum Gasteiger partial charge on any atom is -0.345 e. The van der Waals surface area contributed by atoms with Crippen LogP contribution in [-0.2, 0) is 14.8 Å². The quantitative estimate of drug-likeness (QED) is 0.441. The van der Waals surface area contributed by atoms with E-state index in [-0.39, 0.29) is 24.9 Å². The Labute approximate surface area is 201 Å². The van der Waals surface area contributed by atoms with E-state index in [2.05, 4.69) is 11.4 Å². The van der Waals surface area contributed by atoms with E-state index in [1.54, 1.807) is 25.1 Å². The van der Waals surface area contributed by atoms with Gasteiger partial charge in [-0.25, -0.2) is 8.42 Å². The molecule has 5 nitrogen and oxygen atoms in total. The van der Waals surface area contributed by atoms with Gasteiger partial charge in [-0.1, -0.05) is 77.8 Å². The number of aryl methyl sites for hydroxylation is 1. The van der Waals surface area contributed by atoms with Gasteiger partial charge in [-0.05, 0) is 49.1 Å². The molecular weight excluding hydrogens is 456 g/mol. The first kappa shape index (κ1) is 24.8. The maximum Gasteiger partial charge on any atom is 0.232 e. The Kier molecular flexibility index (Phi) is 8.16. The lowest BCUT2D eigenvalue weighted by atomic mass is 9.97. The molecule has 0 aliphatic rings. The molecule has 33 heavy (non-hydrogen) atoms. The smallest absolute Gasteiger partial charge is 0.232 e. The summed E-state index contributed by atoms with van der Waals surface area (Å²) in [7, 11) is -3.53. The summed E-state index contributed by atoms with van der Waals surface area (Å²) >= 11 is 6.19. The molecule has 0 unspecified atom stereocenters. The number of nitrogens with zero attached hydrogens (tertiary/aromatic N) is 1. The zero-order valence-electron chi connectivity index (χ0n) is 19.1. The molecule has 0 aromatic heterocycles. The van der Waals surface area contributed by atoms with Gasteiger partial charge in [0.2, 0.25) is 15.9 Å². The van der Waals surface area contributed by atoms with E-state index in [1.165, 1.54) is 4.31 Å². The van der Waals surface area contributed by atoms with Crippen LogP contribution >= 0.6 is 11.6 Å². The van der Waals surface area contributed by atoms with E-state index in [0.717, 1.165) is 22.9 Å². The summed E-state index contributed by atoms with van der Waals surface area (Å²) in [6, 6.07) is 22.8. The van der Waals surface area contributed by atoms with Crippen LogP contribution in [0.5, 0.6) is 0 Å². The van der Waals surface area contributed by atoms with Crippen LogP contribution in [0.3, 0.4) is 0 Å². The highest BCUT2D eigenvalue weighted by Crippen LogP contribution is 2.28. The fourth-order valence-electron chi connectivity index (χ4n) is 3.80. The van der Waals surface area contributed by atoms with Crippen molar-refractivity contribution in [3.63, 3.8) is 0 Å². The van der Waals surface area contributed by atoms with Crippen LogP contribution in [0.4, 0.5) is 5.69 Å². The molecule has 1 N–H and O–H groups in total. The SMILES string of the molecule is Cc1cccc([C@H](NC(=O)CCCN(c2cccc(Cl)c2C)S(C)(=O)=O)c2ccccc2)c1. The van der Waals surface area contributed by atoms with Crippen LogP contribution in [-0.4, -0.2) is 27.1 Å². The number of halogens is 1. The van der Waals surface area contributed by atoms with E-state index < -0.39 is 10.0 Å². The summed E-state index contributed by atoms with van der Waals surface area (Å²) in [6.45, 7) is 3.99. The molecule has 0 spiro atoms. The molecule has 3 rings (SSSR count). The van der Waals surface area contributed by atoms with E-state index in [0.29, 0.717) is 22.7 Å². The molecule has 0 saturated carbocycles. The van der Waals surface area contributed by atoms with Crippen molar-refractivity contribution in [3.05, 3.63) is 100 Å². The predicted molar refractivity (Wildman–Crippen MR) is 135 cm³/mol. The number of benzene rings is 3. The third-order valence-electron chi connectivity index (χ3n) is 5.49. The van der Waals surface area contributed by atoms with Gasteiger partial charge >= 0.3 is 0 Å². The highest BCUT2D eigenvalue weighted by molar-refractivity contribution is 7.92. The summed E-state index contributed by atoms with van der Waals surface area (Å²) in [5.74, 6) is -0.137. The first-order chi connectivity index (χ1) is 15.7. The summed E-state index contributed by atoms with van der Waals surface area (Å²) in [5.41, 5.74) is 4.33. The standard InChI is InChI=1S/C26H29ClN2O3S/c1-19-10-7-13-22(18-19)26(21-11-5-4-6-12-21)28-25(30)16-9-17-29(33(3,31)32)24-15-8-14-23(27)20(24)2/h4-8,10-15,18,26H,9,16-17H2,1-3H3,(H,28,30)/t26-/m1/s1. The third-order valence-corrected chi connectivity index (χ3v) is 7.08. The second kappa shape index (κ2) is 10.9. The first-order valence-corrected chi connectivity index (χ1v) is 13.0. The third kappa shape index (κ3) is 6.59. The highest BCUT2D eigenvalue weighted by atomic mass is 35.5. The highest BCUT2D eigenvalue weighted by Gasteiger charge is 2.21. The van der Waals surface area contributed by atoms with Crippen LogP contribution in [0.2, 0.25) is 5.02 Å². The summed E-state index contributed by atoms with van der Waals surface area (Å²) in [5, 5.41) is 3.62. The second-order valence-electron chi connectivity index (χ2n) is 8.15. The lowest BCUT2D eigenvalue weighted by Crippen LogP contribution is -2.33. The molecule has 0 heterocycles. The second-order valence-corrected chi connectivity index (χ2v) is 10.5. The number of carbonyl (C=O) groups is 1. The van der Waals surface area contributed by atoms with Crippen molar-refractivity contribution in [2.24, 2.45) is 0 Å². The number of hydrogen-bond donors (Lipinski definition) is 1. The van der Waals surface area contributed by atoms with Crippen LogP contribution in [0.15, 0.2) is 72.8 Å². The largest absolute Gasteiger partial charge is 0.345 e. The fraction of sp³-hybridized carbons (Fsp3) is 0.269. The average molecular weight is 485 g/mol. The number of anilines is 1. The van der Waals surface area contributed by atoms with Gasteiger partial charge in [-0.2, -0.15) is 0 Å². The molecule has 1 amide bonds. The number of sulfonamides is 1. The van der Waals surface area contributed by atoms with Gasteiger partial charge in [0, 0.05) is 18.0 Å². The van der Waals surface area contributed by atoms with Crippen molar-refractivity contribution in [1.29, 1.82) is 0 Å². The molecule has 0 saturated heterocycles. The van der Waals surface area contributed by atoms with Gasteiger partial charge in [0.1, 0.15) is 0 Å². The van der Waals surface area contributed by atoms with Gasteiger partial charge in [-0.15, -0.1) is 0 Å². The van der Waals surface area contributed by atoms with Crippen molar-refractivity contribution in [1.82, 2.24) is 5.32 Å². The zero-order chi connectivity index (χ0) is 24.0. The minimum absolute atomic E-state index is 0.137. The van der Waals surface area contributed by atoms with Crippen LogP contribution in [0.1, 0.15) is 41.1 Å². The number of nitrogens with one attached hydrogen (secondary N) is 1. The van der Waals surface area contributed by atoms with Gasteiger partial charge in [0.25, 0.3) is 0 Å². The molecule has 3 aromatic rings. The molecule has 0 fully saturated rings. The average Bonchev–Trinajstić information content (AvgIpc) is 2.77. The molecule has 0 bridgehead atoms. The minimum atomic E-state index is -3.53. The van der Waals surface area contributed by atoms with Gasteiger partial charge in [0.15, 0.2) is 0 Å². The Hall–Kier alpha value is -2.83. The summed E-state index contributed by atoms with van der Waals surface area (Å²) < 4.78 is 26.2. The maximum absolute atomic E-state index is 12.9. The van der Waals surface area contributed by atoms with Crippen LogP contribution < -0.4 is 9.62 Å². The van der Waals surface area contributed by atoms with E-state index >= 15 is 0 Å². The van der Waals surface area contributed by atoms with Crippen LogP contribution in [0, 0.1) is 13.8 Å². The van der Waals surface area contributed by atoms with Gasteiger partial charge in [-0.3, -0.25) is 9.10 Å². The monoisotopic (exact) mass is 484 g/mol. The number of carbonyl (C=O) groups excluding carboxylic acids is 1. The Morgan fingerprint density at radius 1 is 0.970 bits per heavy atom. The number of amides is 1. The summed E-state index contributed by atoms with van der Waals surface area (Å²) in [4.78, 5) is 12.9.